The van der Waals surface area contributed by atoms with Crippen molar-refractivity contribution in [1.82, 2.24) is 19.7 Å². The molecule has 2 aromatic rings. The number of carbonyl (C=O) groups excluding carboxylic acids is 2. The molecule has 150 valence electrons. The second-order valence-corrected chi connectivity index (χ2v) is 8.13. The minimum Gasteiger partial charge on any atom is -0.466 e. The Hall–Kier alpha value is -2.44. The third-order valence-corrected chi connectivity index (χ3v) is 5.63. The van der Waals surface area contributed by atoms with Crippen molar-refractivity contribution in [2.45, 2.75) is 58.4 Å². The van der Waals surface area contributed by atoms with Gasteiger partial charge >= 0.3 is 5.97 Å². The van der Waals surface area contributed by atoms with E-state index in [0.717, 1.165) is 42.4 Å². The highest BCUT2D eigenvalue weighted by molar-refractivity contribution is 6.05. The standard InChI is InChI=1S/C21H28N4O3/c1-4-28-21(27)15-6-5-9-24(12-15)20(26)16-10-18(14-7-8-14)23-19-17(16)11-22-25(19)13(2)3/h10-11,13-15H,4-9,12H2,1-3H3. The van der Waals surface area contributed by atoms with Crippen molar-refractivity contribution in [1.29, 1.82) is 0 Å². The summed E-state index contributed by atoms with van der Waals surface area (Å²) in [4.78, 5) is 32.2. The molecular formula is C21H28N4O3. The molecule has 1 aliphatic carbocycles. The van der Waals surface area contributed by atoms with Crippen LogP contribution in [0.15, 0.2) is 12.3 Å². The summed E-state index contributed by atoms with van der Waals surface area (Å²) < 4.78 is 7.06. The molecule has 1 atom stereocenters. The fraction of sp³-hybridized carbons (Fsp3) is 0.619. The summed E-state index contributed by atoms with van der Waals surface area (Å²) in [5.74, 6) is -0.0332. The normalized spacial score (nSPS) is 20.0. The summed E-state index contributed by atoms with van der Waals surface area (Å²) in [5, 5.41) is 5.27. The molecule has 4 rings (SSSR count). The van der Waals surface area contributed by atoms with Crippen molar-refractivity contribution in [3.8, 4) is 0 Å². The van der Waals surface area contributed by atoms with Gasteiger partial charge in [-0.3, -0.25) is 9.59 Å². The Bertz CT molecular complexity index is 900. The molecule has 0 N–H and O–H groups in total. The van der Waals surface area contributed by atoms with E-state index in [9.17, 15) is 9.59 Å². The van der Waals surface area contributed by atoms with Gasteiger partial charge in [0, 0.05) is 30.7 Å². The molecule has 1 saturated heterocycles. The highest BCUT2D eigenvalue weighted by atomic mass is 16.5. The van der Waals surface area contributed by atoms with Gasteiger partial charge in [0.25, 0.3) is 5.91 Å². The van der Waals surface area contributed by atoms with Gasteiger partial charge in [0.05, 0.1) is 29.7 Å². The molecule has 3 heterocycles. The van der Waals surface area contributed by atoms with Crippen molar-refractivity contribution in [2.75, 3.05) is 19.7 Å². The predicted octanol–water partition coefficient (Wildman–Crippen LogP) is 3.30. The molecule has 0 bridgehead atoms. The smallest absolute Gasteiger partial charge is 0.310 e. The van der Waals surface area contributed by atoms with Gasteiger partial charge in [-0.05, 0) is 52.5 Å². The summed E-state index contributed by atoms with van der Waals surface area (Å²) in [6.45, 7) is 7.38. The number of pyridine rings is 1. The third-order valence-electron chi connectivity index (χ3n) is 5.63. The second kappa shape index (κ2) is 7.53. The van der Waals surface area contributed by atoms with Gasteiger partial charge in [-0.2, -0.15) is 5.10 Å². The largest absolute Gasteiger partial charge is 0.466 e. The van der Waals surface area contributed by atoms with Crippen molar-refractivity contribution in [3.63, 3.8) is 0 Å². The van der Waals surface area contributed by atoms with E-state index in [1.807, 2.05) is 17.7 Å². The lowest BCUT2D eigenvalue weighted by Crippen LogP contribution is -2.43. The van der Waals surface area contributed by atoms with Crippen molar-refractivity contribution >= 4 is 22.9 Å². The molecule has 1 amide bonds. The average Bonchev–Trinajstić information content (AvgIpc) is 3.45. The number of nitrogens with zero attached hydrogens (tertiary/aromatic N) is 4. The molecule has 28 heavy (non-hydrogen) atoms. The summed E-state index contributed by atoms with van der Waals surface area (Å²) in [6.07, 6.45) is 5.57. The molecule has 2 aliphatic rings. The molecule has 0 radical (unpaired) electrons. The Morgan fingerprint density at radius 3 is 2.75 bits per heavy atom. The lowest BCUT2D eigenvalue weighted by molar-refractivity contribution is -0.149. The van der Waals surface area contributed by atoms with Crippen LogP contribution in [0.3, 0.4) is 0 Å². The Kier molecular flexibility index (Phi) is 5.08. The van der Waals surface area contributed by atoms with Crippen LogP contribution < -0.4 is 0 Å². The van der Waals surface area contributed by atoms with E-state index in [2.05, 4.69) is 18.9 Å². The number of piperidine rings is 1. The fourth-order valence-corrected chi connectivity index (χ4v) is 3.96. The number of likely N-dealkylation sites (tertiary alicyclic amines) is 1. The van der Waals surface area contributed by atoms with Crippen LogP contribution in [-0.4, -0.2) is 51.2 Å². The maximum absolute atomic E-state index is 13.4. The van der Waals surface area contributed by atoms with Crippen molar-refractivity contribution in [2.24, 2.45) is 5.92 Å². The quantitative estimate of drug-likeness (QED) is 0.739. The first-order valence-electron chi connectivity index (χ1n) is 10.3. The molecular weight excluding hydrogens is 356 g/mol. The number of aromatic nitrogens is 3. The van der Waals surface area contributed by atoms with E-state index in [-0.39, 0.29) is 23.8 Å². The van der Waals surface area contributed by atoms with Gasteiger partial charge in [0.2, 0.25) is 0 Å². The molecule has 7 nitrogen and oxygen atoms in total. The Morgan fingerprint density at radius 1 is 1.29 bits per heavy atom. The van der Waals surface area contributed by atoms with Crippen LogP contribution in [0.5, 0.6) is 0 Å². The molecule has 0 aromatic carbocycles. The van der Waals surface area contributed by atoms with Crippen molar-refractivity contribution in [3.05, 3.63) is 23.5 Å². The van der Waals surface area contributed by atoms with Crippen LogP contribution in [0.1, 0.15) is 74.5 Å². The summed E-state index contributed by atoms with van der Waals surface area (Å²) in [6, 6.07) is 2.12. The average molecular weight is 384 g/mol. The fourth-order valence-electron chi connectivity index (χ4n) is 3.96. The number of ether oxygens (including phenoxy) is 1. The molecule has 2 aromatic heterocycles. The van der Waals surface area contributed by atoms with Crippen LogP contribution in [0.4, 0.5) is 0 Å². The number of rotatable bonds is 5. The van der Waals surface area contributed by atoms with Gasteiger partial charge in [0.15, 0.2) is 5.65 Å². The highest BCUT2D eigenvalue weighted by Gasteiger charge is 2.33. The second-order valence-electron chi connectivity index (χ2n) is 8.13. The Balaban J connectivity index is 1.67. The van der Waals surface area contributed by atoms with E-state index >= 15 is 0 Å². The topological polar surface area (TPSA) is 77.3 Å². The maximum atomic E-state index is 13.4. The molecule has 7 heteroatoms. The molecule has 1 unspecified atom stereocenters. The lowest BCUT2D eigenvalue weighted by Gasteiger charge is -2.31. The minimum absolute atomic E-state index is 0.0356. The number of hydrogen-bond acceptors (Lipinski definition) is 5. The number of esters is 1. The summed E-state index contributed by atoms with van der Waals surface area (Å²) in [7, 11) is 0. The number of fused-ring (bicyclic) bond motifs is 1. The summed E-state index contributed by atoms with van der Waals surface area (Å²) in [5.41, 5.74) is 2.42. The van der Waals surface area contributed by atoms with Gasteiger partial charge in [-0.25, -0.2) is 9.67 Å². The van der Waals surface area contributed by atoms with Crippen molar-refractivity contribution < 1.29 is 14.3 Å². The maximum Gasteiger partial charge on any atom is 0.310 e. The monoisotopic (exact) mass is 384 g/mol. The van der Waals surface area contributed by atoms with Crippen LogP contribution in [0.2, 0.25) is 0 Å². The molecule has 0 spiro atoms. The number of amides is 1. The van der Waals surface area contributed by atoms with Crippen LogP contribution in [0, 0.1) is 5.92 Å². The van der Waals surface area contributed by atoms with Crippen LogP contribution in [-0.2, 0) is 9.53 Å². The van der Waals surface area contributed by atoms with Gasteiger partial charge < -0.3 is 9.64 Å². The number of carbonyl (C=O) groups is 2. The van der Waals surface area contributed by atoms with Crippen LogP contribution in [0.25, 0.3) is 11.0 Å². The SMILES string of the molecule is CCOC(=O)C1CCCN(C(=O)c2cc(C3CC3)nc3c2cnn3C(C)C)C1. The zero-order valence-corrected chi connectivity index (χ0v) is 16.9. The van der Waals surface area contributed by atoms with E-state index < -0.39 is 0 Å². The van der Waals surface area contributed by atoms with Gasteiger partial charge in [-0.15, -0.1) is 0 Å². The summed E-state index contributed by atoms with van der Waals surface area (Å²) >= 11 is 0. The van der Waals surface area contributed by atoms with Gasteiger partial charge in [0.1, 0.15) is 0 Å². The van der Waals surface area contributed by atoms with Gasteiger partial charge in [-0.1, -0.05) is 0 Å². The first-order chi connectivity index (χ1) is 13.5. The third kappa shape index (κ3) is 3.50. The highest BCUT2D eigenvalue weighted by Crippen LogP contribution is 2.40. The molecule has 1 saturated carbocycles. The first-order valence-corrected chi connectivity index (χ1v) is 10.3. The first kappa shape index (κ1) is 18.9. The zero-order valence-electron chi connectivity index (χ0n) is 16.9. The molecule has 2 fully saturated rings. The zero-order chi connectivity index (χ0) is 19.8. The van der Waals surface area contributed by atoms with E-state index in [1.165, 1.54) is 0 Å². The lowest BCUT2D eigenvalue weighted by atomic mass is 9.97. The minimum atomic E-state index is -0.240. The Morgan fingerprint density at radius 2 is 2.07 bits per heavy atom. The van der Waals surface area contributed by atoms with E-state index in [4.69, 9.17) is 9.72 Å². The molecule has 1 aliphatic heterocycles. The Labute approximate surface area is 165 Å². The van der Waals surface area contributed by atoms with Crippen LogP contribution >= 0.6 is 0 Å². The predicted molar refractivity (Wildman–Crippen MR) is 105 cm³/mol. The van der Waals surface area contributed by atoms with E-state index in [1.54, 1.807) is 11.1 Å². The van der Waals surface area contributed by atoms with E-state index in [0.29, 0.717) is 31.2 Å². The number of hydrogen-bond donors (Lipinski definition) is 0.